The van der Waals surface area contributed by atoms with Crippen molar-refractivity contribution in [3.8, 4) is 6.07 Å². The number of carbonyl (C=O) groups is 1. The summed E-state index contributed by atoms with van der Waals surface area (Å²) in [5.74, 6) is 0.122. The quantitative estimate of drug-likeness (QED) is 0.487. The Hall–Kier alpha value is -0.890. The summed E-state index contributed by atoms with van der Waals surface area (Å²) in [5, 5.41) is 8.32. The van der Waals surface area contributed by atoms with Gasteiger partial charge < -0.3 is 0 Å². The van der Waals surface area contributed by atoms with Crippen molar-refractivity contribution < 1.29 is 4.79 Å². The number of nitriles is 1. The minimum absolute atomic E-state index is 0.122. The van der Waals surface area contributed by atoms with Gasteiger partial charge in [0.25, 0.3) is 0 Å². The van der Waals surface area contributed by atoms with Gasteiger partial charge in [-0.15, -0.1) is 0 Å². The van der Waals surface area contributed by atoms with E-state index < -0.39 is 0 Å². The number of halogens is 1. The Labute approximate surface area is 97.1 Å². The zero-order chi connectivity index (χ0) is 10.4. The molecule has 0 saturated carbocycles. The molecule has 0 aliphatic heterocycles. The van der Waals surface area contributed by atoms with Crippen molar-refractivity contribution in [3.63, 3.8) is 0 Å². The van der Waals surface area contributed by atoms with E-state index in [1.54, 1.807) is 0 Å². The molecule has 0 unspecified atom stereocenters. The Bertz CT molecular complexity index is 351. The lowest BCUT2D eigenvalue weighted by Gasteiger charge is -1.98. The standard InChI is InChI=1S/C11H10INO/c12-10-6-4-9(5-7-10)11(14)3-1-2-8-13/h4-7H,1-3H2. The van der Waals surface area contributed by atoms with Gasteiger partial charge in [-0.1, -0.05) is 12.1 Å². The van der Waals surface area contributed by atoms with Crippen molar-refractivity contribution in [2.75, 3.05) is 0 Å². The van der Waals surface area contributed by atoms with Crippen LogP contribution in [0.3, 0.4) is 0 Å². The number of hydrogen-bond acceptors (Lipinski definition) is 2. The van der Waals surface area contributed by atoms with Crippen LogP contribution < -0.4 is 0 Å². The maximum atomic E-state index is 11.5. The van der Waals surface area contributed by atoms with E-state index in [0.29, 0.717) is 19.3 Å². The predicted octanol–water partition coefficient (Wildman–Crippen LogP) is 3.17. The van der Waals surface area contributed by atoms with Crippen LogP contribution in [0.25, 0.3) is 0 Å². The van der Waals surface area contributed by atoms with Gasteiger partial charge in [0, 0.05) is 22.0 Å². The smallest absolute Gasteiger partial charge is 0.162 e. The van der Waals surface area contributed by atoms with Crippen LogP contribution in [0.15, 0.2) is 24.3 Å². The number of nitrogens with zero attached hydrogens (tertiary/aromatic N) is 1. The monoisotopic (exact) mass is 299 g/mol. The largest absolute Gasteiger partial charge is 0.294 e. The van der Waals surface area contributed by atoms with Gasteiger partial charge >= 0.3 is 0 Å². The number of ketones is 1. The Balaban J connectivity index is 2.53. The zero-order valence-corrected chi connectivity index (χ0v) is 9.82. The molecule has 0 aliphatic carbocycles. The van der Waals surface area contributed by atoms with Gasteiger partial charge in [-0.25, -0.2) is 0 Å². The number of carbonyl (C=O) groups excluding carboxylic acids is 1. The number of unbranched alkanes of at least 4 members (excludes halogenated alkanes) is 1. The third kappa shape index (κ3) is 3.46. The van der Waals surface area contributed by atoms with Gasteiger partial charge in [-0.2, -0.15) is 5.26 Å². The van der Waals surface area contributed by atoms with Crippen LogP contribution in [0.4, 0.5) is 0 Å². The number of benzene rings is 1. The van der Waals surface area contributed by atoms with Gasteiger partial charge in [-0.3, -0.25) is 4.79 Å². The molecule has 2 nitrogen and oxygen atoms in total. The maximum absolute atomic E-state index is 11.5. The number of rotatable bonds is 4. The first kappa shape index (κ1) is 11.2. The highest BCUT2D eigenvalue weighted by Gasteiger charge is 2.04. The normalized spacial score (nSPS) is 9.43. The van der Waals surface area contributed by atoms with Crippen LogP contribution >= 0.6 is 22.6 Å². The van der Waals surface area contributed by atoms with Crippen LogP contribution in [0, 0.1) is 14.9 Å². The molecule has 72 valence electrons. The first-order chi connectivity index (χ1) is 6.74. The summed E-state index contributed by atoms with van der Waals surface area (Å²) in [5.41, 5.74) is 0.739. The van der Waals surface area contributed by atoms with Crippen LogP contribution in [-0.2, 0) is 0 Å². The Morgan fingerprint density at radius 2 is 2.00 bits per heavy atom. The second-order valence-corrected chi connectivity index (χ2v) is 4.19. The van der Waals surface area contributed by atoms with Crippen molar-refractivity contribution >= 4 is 28.4 Å². The molecular weight excluding hydrogens is 289 g/mol. The molecule has 0 atom stereocenters. The summed E-state index contributed by atoms with van der Waals surface area (Å²) in [6.07, 6.45) is 1.57. The summed E-state index contributed by atoms with van der Waals surface area (Å²) >= 11 is 2.20. The van der Waals surface area contributed by atoms with E-state index in [9.17, 15) is 4.79 Å². The van der Waals surface area contributed by atoms with E-state index in [2.05, 4.69) is 22.6 Å². The van der Waals surface area contributed by atoms with Crippen molar-refractivity contribution in [1.82, 2.24) is 0 Å². The highest BCUT2D eigenvalue weighted by atomic mass is 127. The molecule has 0 radical (unpaired) electrons. The lowest BCUT2D eigenvalue weighted by Crippen LogP contribution is -1.98. The first-order valence-electron chi connectivity index (χ1n) is 4.40. The second-order valence-electron chi connectivity index (χ2n) is 2.94. The number of hydrogen-bond donors (Lipinski definition) is 0. The molecule has 1 rings (SSSR count). The number of Topliss-reactive ketones (excluding diaryl/α,β-unsaturated/α-hetero) is 1. The fraction of sp³-hybridized carbons (Fsp3) is 0.273. The predicted molar refractivity (Wildman–Crippen MR) is 63.0 cm³/mol. The van der Waals surface area contributed by atoms with Crippen LogP contribution in [0.2, 0.25) is 0 Å². The molecule has 0 amide bonds. The second kappa shape index (κ2) is 5.76. The van der Waals surface area contributed by atoms with E-state index in [4.69, 9.17) is 5.26 Å². The zero-order valence-electron chi connectivity index (χ0n) is 7.66. The van der Waals surface area contributed by atoms with Crippen molar-refractivity contribution in [2.45, 2.75) is 19.3 Å². The summed E-state index contributed by atoms with van der Waals surface area (Å²) in [4.78, 5) is 11.5. The van der Waals surface area contributed by atoms with E-state index >= 15 is 0 Å². The molecule has 0 saturated heterocycles. The molecule has 0 spiro atoms. The summed E-state index contributed by atoms with van der Waals surface area (Å²) in [6.45, 7) is 0. The van der Waals surface area contributed by atoms with E-state index in [0.717, 1.165) is 9.13 Å². The third-order valence-corrected chi connectivity index (χ3v) is 2.58. The molecule has 1 aromatic carbocycles. The summed E-state index contributed by atoms with van der Waals surface area (Å²) in [7, 11) is 0. The lowest BCUT2D eigenvalue weighted by atomic mass is 10.1. The van der Waals surface area contributed by atoms with E-state index in [-0.39, 0.29) is 5.78 Å². The fourth-order valence-electron chi connectivity index (χ4n) is 1.11. The average molecular weight is 299 g/mol. The highest BCUT2D eigenvalue weighted by molar-refractivity contribution is 14.1. The van der Waals surface area contributed by atoms with Crippen LogP contribution in [-0.4, -0.2) is 5.78 Å². The Kier molecular flexibility index (Phi) is 4.60. The topological polar surface area (TPSA) is 40.9 Å². The average Bonchev–Trinajstić information content (AvgIpc) is 2.19. The van der Waals surface area contributed by atoms with Crippen LogP contribution in [0.1, 0.15) is 29.6 Å². The first-order valence-corrected chi connectivity index (χ1v) is 5.47. The molecule has 0 N–H and O–H groups in total. The molecule has 0 bridgehead atoms. The Morgan fingerprint density at radius 1 is 1.36 bits per heavy atom. The molecule has 1 aromatic rings. The maximum Gasteiger partial charge on any atom is 0.162 e. The Morgan fingerprint density at radius 3 is 2.57 bits per heavy atom. The molecule has 0 fully saturated rings. The molecule has 0 aliphatic rings. The fourth-order valence-corrected chi connectivity index (χ4v) is 1.47. The minimum Gasteiger partial charge on any atom is -0.294 e. The van der Waals surface area contributed by atoms with Crippen molar-refractivity contribution in [2.24, 2.45) is 0 Å². The molecular formula is C11H10INO. The summed E-state index contributed by atoms with van der Waals surface area (Å²) in [6, 6.07) is 9.52. The third-order valence-electron chi connectivity index (χ3n) is 1.86. The van der Waals surface area contributed by atoms with Gasteiger partial charge in [0.15, 0.2) is 5.78 Å². The van der Waals surface area contributed by atoms with Gasteiger partial charge in [0.2, 0.25) is 0 Å². The van der Waals surface area contributed by atoms with E-state index in [1.807, 2.05) is 30.3 Å². The van der Waals surface area contributed by atoms with Crippen molar-refractivity contribution in [1.29, 1.82) is 5.26 Å². The molecule has 0 heterocycles. The van der Waals surface area contributed by atoms with Gasteiger partial charge in [0.1, 0.15) is 0 Å². The minimum atomic E-state index is 0.122. The van der Waals surface area contributed by atoms with Gasteiger partial charge in [-0.05, 0) is 41.1 Å². The summed E-state index contributed by atoms with van der Waals surface area (Å²) < 4.78 is 1.12. The molecule has 14 heavy (non-hydrogen) atoms. The van der Waals surface area contributed by atoms with Crippen LogP contribution in [0.5, 0.6) is 0 Å². The van der Waals surface area contributed by atoms with Gasteiger partial charge in [0.05, 0.1) is 6.07 Å². The van der Waals surface area contributed by atoms with Crippen molar-refractivity contribution in [3.05, 3.63) is 33.4 Å². The lowest BCUT2D eigenvalue weighted by molar-refractivity contribution is 0.0980. The molecule has 3 heteroatoms. The SMILES string of the molecule is N#CCCCC(=O)c1ccc(I)cc1. The highest BCUT2D eigenvalue weighted by Crippen LogP contribution is 2.10. The molecule has 0 aromatic heterocycles. The van der Waals surface area contributed by atoms with E-state index in [1.165, 1.54) is 0 Å².